The number of esters is 1. The first-order chi connectivity index (χ1) is 9.17. The number of hydrogen-bond donors (Lipinski definition) is 1. The molecule has 0 saturated heterocycles. The number of pyridine rings is 1. The monoisotopic (exact) mass is 265 g/mol. The first kappa shape index (κ1) is 13.6. The quantitative estimate of drug-likeness (QED) is 0.775. The minimum atomic E-state index is -0.419. The highest BCUT2D eigenvalue weighted by Gasteiger charge is 2.32. The van der Waals surface area contributed by atoms with Crippen LogP contribution in [0.2, 0.25) is 0 Å². The number of carbonyl (C=O) groups excluding carboxylic acids is 1. The molecule has 0 unspecified atom stereocenters. The van der Waals surface area contributed by atoms with E-state index in [1.807, 2.05) is 0 Å². The largest absolute Gasteiger partial charge is 0.465 e. The molecule has 6 nitrogen and oxygen atoms in total. The van der Waals surface area contributed by atoms with E-state index in [2.05, 4.69) is 9.88 Å². The van der Waals surface area contributed by atoms with Crippen LogP contribution >= 0.6 is 0 Å². The van der Waals surface area contributed by atoms with Gasteiger partial charge < -0.3 is 20.1 Å². The minimum absolute atomic E-state index is 0.408. The van der Waals surface area contributed by atoms with Crippen LogP contribution < -0.4 is 10.6 Å². The van der Waals surface area contributed by atoms with E-state index < -0.39 is 5.97 Å². The van der Waals surface area contributed by atoms with E-state index in [9.17, 15) is 4.79 Å². The maximum atomic E-state index is 11.8. The summed E-state index contributed by atoms with van der Waals surface area (Å²) >= 11 is 0. The molecule has 1 fully saturated rings. The molecule has 0 aliphatic heterocycles. The topological polar surface area (TPSA) is 77.7 Å². The average Bonchev–Trinajstić information content (AvgIpc) is 3.24. The number of nitrogens with zero attached hydrogens (tertiary/aromatic N) is 2. The zero-order chi connectivity index (χ0) is 13.8. The maximum absolute atomic E-state index is 11.8. The molecule has 6 heteroatoms. The van der Waals surface area contributed by atoms with Crippen molar-refractivity contribution in [1.82, 2.24) is 4.98 Å². The van der Waals surface area contributed by atoms with Crippen molar-refractivity contribution in [1.29, 1.82) is 0 Å². The van der Waals surface area contributed by atoms with Gasteiger partial charge in [0.2, 0.25) is 0 Å². The van der Waals surface area contributed by atoms with E-state index in [1.165, 1.54) is 7.11 Å². The van der Waals surface area contributed by atoms with Gasteiger partial charge in [-0.1, -0.05) is 0 Å². The Hall–Kier alpha value is -1.82. The third-order valence-corrected chi connectivity index (χ3v) is 3.09. The predicted molar refractivity (Wildman–Crippen MR) is 72.2 cm³/mol. The first-order valence-electron chi connectivity index (χ1n) is 6.26. The Morgan fingerprint density at radius 2 is 2.26 bits per heavy atom. The number of nitrogen functional groups attached to an aromatic ring is 1. The second-order valence-corrected chi connectivity index (χ2v) is 4.55. The van der Waals surface area contributed by atoms with E-state index in [0.717, 1.165) is 12.8 Å². The Kier molecular flexibility index (Phi) is 4.21. The standard InChI is InChI=1S/C13H19N3O3/c1-18-6-5-16(10-3-4-10)12-11(13(17)19-2)7-9(14)8-15-12/h7-8,10H,3-6,14H2,1-2H3. The molecule has 1 saturated carbocycles. The number of nitrogens with two attached hydrogens (primary N) is 1. The predicted octanol–water partition coefficient (Wildman–Crippen LogP) is 1.07. The molecule has 0 radical (unpaired) electrons. The molecular weight excluding hydrogens is 246 g/mol. The lowest BCUT2D eigenvalue weighted by atomic mass is 10.2. The smallest absolute Gasteiger partial charge is 0.341 e. The molecule has 1 aromatic heterocycles. The van der Waals surface area contributed by atoms with Crippen LogP contribution in [-0.2, 0) is 9.47 Å². The molecule has 1 aromatic rings. The van der Waals surface area contributed by atoms with Crippen molar-refractivity contribution in [2.75, 3.05) is 38.0 Å². The second-order valence-electron chi connectivity index (χ2n) is 4.55. The zero-order valence-electron chi connectivity index (χ0n) is 11.3. The summed E-state index contributed by atoms with van der Waals surface area (Å²) in [5.41, 5.74) is 6.56. The number of ether oxygens (including phenoxy) is 2. The van der Waals surface area contributed by atoms with Gasteiger partial charge in [0.25, 0.3) is 0 Å². The summed E-state index contributed by atoms with van der Waals surface area (Å²) in [7, 11) is 3.01. The van der Waals surface area contributed by atoms with Crippen molar-refractivity contribution in [2.45, 2.75) is 18.9 Å². The zero-order valence-corrected chi connectivity index (χ0v) is 11.3. The molecular formula is C13H19N3O3. The molecule has 1 aliphatic rings. The fraction of sp³-hybridized carbons (Fsp3) is 0.538. The fourth-order valence-electron chi connectivity index (χ4n) is 2.00. The highest BCUT2D eigenvalue weighted by molar-refractivity contribution is 5.95. The van der Waals surface area contributed by atoms with Gasteiger partial charge in [-0.05, 0) is 18.9 Å². The Bertz CT molecular complexity index is 460. The molecule has 0 bridgehead atoms. The SMILES string of the molecule is COCCN(c1ncc(N)cc1C(=O)OC)C1CC1. The van der Waals surface area contributed by atoms with E-state index >= 15 is 0 Å². The highest BCUT2D eigenvalue weighted by Crippen LogP contribution is 2.32. The number of anilines is 2. The molecule has 0 spiro atoms. The maximum Gasteiger partial charge on any atom is 0.341 e. The van der Waals surface area contributed by atoms with Crippen molar-refractivity contribution >= 4 is 17.5 Å². The van der Waals surface area contributed by atoms with E-state index in [-0.39, 0.29) is 0 Å². The number of aromatic nitrogens is 1. The van der Waals surface area contributed by atoms with Crippen LogP contribution in [0, 0.1) is 0 Å². The summed E-state index contributed by atoms with van der Waals surface area (Å²) < 4.78 is 9.91. The highest BCUT2D eigenvalue weighted by atomic mass is 16.5. The van der Waals surface area contributed by atoms with Gasteiger partial charge in [0.1, 0.15) is 11.4 Å². The van der Waals surface area contributed by atoms with Crippen LogP contribution in [0.5, 0.6) is 0 Å². The number of carbonyl (C=O) groups is 1. The van der Waals surface area contributed by atoms with Crippen LogP contribution in [0.3, 0.4) is 0 Å². The molecule has 104 valence electrons. The summed E-state index contributed by atoms with van der Waals surface area (Å²) in [6.07, 6.45) is 3.77. The van der Waals surface area contributed by atoms with Gasteiger partial charge in [-0.2, -0.15) is 0 Å². The minimum Gasteiger partial charge on any atom is -0.465 e. The molecule has 1 heterocycles. The van der Waals surface area contributed by atoms with Crippen LogP contribution in [0.4, 0.5) is 11.5 Å². The second kappa shape index (κ2) is 5.88. The van der Waals surface area contributed by atoms with Gasteiger partial charge in [0, 0.05) is 19.7 Å². The van der Waals surface area contributed by atoms with Crippen LogP contribution in [-0.4, -0.2) is 44.4 Å². The first-order valence-corrected chi connectivity index (χ1v) is 6.26. The van der Waals surface area contributed by atoms with Crippen LogP contribution in [0.25, 0.3) is 0 Å². The molecule has 1 aliphatic carbocycles. The lowest BCUT2D eigenvalue weighted by Crippen LogP contribution is -2.32. The Morgan fingerprint density at radius 3 is 2.84 bits per heavy atom. The van der Waals surface area contributed by atoms with Gasteiger partial charge in [-0.3, -0.25) is 0 Å². The van der Waals surface area contributed by atoms with E-state index in [4.69, 9.17) is 15.2 Å². The van der Waals surface area contributed by atoms with Gasteiger partial charge >= 0.3 is 5.97 Å². The lowest BCUT2D eigenvalue weighted by Gasteiger charge is -2.25. The van der Waals surface area contributed by atoms with Gasteiger partial charge in [0.15, 0.2) is 0 Å². The Labute approximate surface area is 112 Å². The summed E-state index contributed by atoms with van der Waals surface area (Å²) in [5.74, 6) is 0.207. The van der Waals surface area contributed by atoms with Crippen molar-refractivity contribution < 1.29 is 14.3 Å². The molecule has 0 aromatic carbocycles. The molecule has 0 amide bonds. The van der Waals surface area contributed by atoms with E-state index in [0.29, 0.717) is 36.3 Å². The van der Waals surface area contributed by atoms with Crippen molar-refractivity contribution in [3.05, 3.63) is 17.8 Å². The van der Waals surface area contributed by atoms with Crippen molar-refractivity contribution in [2.24, 2.45) is 0 Å². The Balaban J connectivity index is 2.32. The van der Waals surface area contributed by atoms with Crippen molar-refractivity contribution in [3.8, 4) is 0 Å². The summed E-state index contributed by atoms with van der Waals surface area (Å²) in [6.45, 7) is 1.28. The summed E-state index contributed by atoms with van der Waals surface area (Å²) in [5, 5.41) is 0. The summed E-state index contributed by atoms with van der Waals surface area (Å²) in [6, 6.07) is 2.03. The lowest BCUT2D eigenvalue weighted by molar-refractivity contribution is 0.0601. The number of rotatable bonds is 6. The fourth-order valence-corrected chi connectivity index (χ4v) is 2.00. The number of hydrogen-bond acceptors (Lipinski definition) is 6. The number of methoxy groups -OCH3 is 2. The molecule has 2 N–H and O–H groups in total. The molecule has 2 rings (SSSR count). The summed E-state index contributed by atoms with van der Waals surface area (Å²) in [4.78, 5) is 18.2. The van der Waals surface area contributed by atoms with Gasteiger partial charge in [-0.25, -0.2) is 9.78 Å². The van der Waals surface area contributed by atoms with Crippen LogP contribution in [0.15, 0.2) is 12.3 Å². The third-order valence-electron chi connectivity index (χ3n) is 3.09. The van der Waals surface area contributed by atoms with Gasteiger partial charge in [-0.15, -0.1) is 0 Å². The average molecular weight is 265 g/mol. The van der Waals surface area contributed by atoms with Crippen molar-refractivity contribution in [3.63, 3.8) is 0 Å². The third kappa shape index (κ3) is 3.14. The Morgan fingerprint density at radius 1 is 1.53 bits per heavy atom. The van der Waals surface area contributed by atoms with Crippen LogP contribution in [0.1, 0.15) is 23.2 Å². The normalized spacial score (nSPS) is 14.2. The van der Waals surface area contributed by atoms with Gasteiger partial charge in [0.05, 0.1) is 25.6 Å². The molecule has 0 atom stereocenters. The van der Waals surface area contributed by atoms with E-state index in [1.54, 1.807) is 19.4 Å². The molecule has 19 heavy (non-hydrogen) atoms.